The highest BCUT2D eigenvalue weighted by Crippen LogP contribution is 2.35. The number of anilines is 2. The van der Waals surface area contributed by atoms with Gasteiger partial charge in [-0.25, -0.2) is 4.79 Å². The zero-order chi connectivity index (χ0) is 13.1. The monoisotopic (exact) mass is 281 g/mol. The Bertz CT molecular complexity index is 585. The summed E-state index contributed by atoms with van der Waals surface area (Å²) in [6.07, 6.45) is 0. The Hall–Kier alpha value is -1.71. The Balaban J connectivity index is 2.48. The molecule has 2 aromatic carbocycles. The van der Waals surface area contributed by atoms with Crippen LogP contribution in [0, 0.1) is 0 Å². The maximum Gasteiger partial charge on any atom is 0.337 e. The molecular weight excluding hydrogens is 273 g/mol. The van der Waals surface area contributed by atoms with Gasteiger partial charge in [0.1, 0.15) is 0 Å². The lowest BCUT2D eigenvalue weighted by Crippen LogP contribution is -2.03. The largest absolute Gasteiger partial charge is 0.478 e. The third-order valence-corrected chi connectivity index (χ3v) is 3.17. The van der Waals surface area contributed by atoms with Crippen LogP contribution < -0.4 is 5.32 Å². The first-order valence-corrected chi connectivity index (χ1v) is 5.88. The molecule has 0 radical (unpaired) electrons. The van der Waals surface area contributed by atoms with Gasteiger partial charge in [-0.3, -0.25) is 0 Å². The van der Waals surface area contributed by atoms with Crippen molar-refractivity contribution in [3.8, 4) is 0 Å². The highest BCUT2D eigenvalue weighted by molar-refractivity contribution is 6.44. The summed E-state index contributed by atoms with van der Waals surface area (Å²) in [7, 11) is 0. The van der Waals surface area contributed by atoms with E-state index in [1.165, 1.54) is 12.1 Å². The predicted molar refractivity (Wildman–Crippen MR) is 73.1 cm³/mol. The highest BCUT2D eigenvalue weighted by atomic mass is 35.5. The van der Waals surface area contributed by atoms with Gasteiger partial charge in [-0.05, 0) is 24.3 Å². The molecule has 0 unspecified atom stereocenters. The first-order chi connectivity index (χ1) is 8.59. The van der Waals surface area contributed by atoms with Gasteiger partial charge in [0.05, 0.1) is 21.3 Å². The number of hydrogen-bond acceptors (Lipinski definition) is 2. The first kappa shape index (κ1) is 12.7. The molecule has 2 aromatic rings. The molecule has 0 aliphatic heterocycles. The summed E-state index contributed by atoms with van der Waals surface area (Å²) < 4.78 is 0. The average molecular weight is 282 g/mol. The molecule has 0 bridgehead atoms. The van der Waals surface area contributed by atoms with E-state index >= 15 is 0 Å². The van der Waals surface area contributed by atoms with E-state index in [1.54, 1.807) is 0 Å². The van der Waals surface area contributed by atoms with Crippen molar-refractivity contribution in [2.75, 3.05) is 5.32 Å². The molecule has 0 saturated carbocycles. The van der Waals surface area contributed by atoms with Crippen LogP contribution in [0.2, 0.25) is 10.0 Å². The second kappa shape index (κ2) is 5.29. The third-order valence-electron chi connectivity index (χ3n) is 2.37. The molecule has 0 aromatic heterocycles. The van der Waals surface area contributed by atoms with E-state index < -0.39 is 5.97 Å². The molecular formula is C13H9Cl2NO2. The van der Waals surface area contributed by atoms with Crippen molar-refractivity contribution in [3.63, 3.8) is 0 Å². The molecule has 3 nitrogen and oxygen atoms in total. The SMILES string of the molecule is O=C(O)c1ccc(Cl)c(Cl)c1Nc1ccccc1. The summed E-state index contributed by atoms with van der Waals surface area (Å²) in [5.74, 6) is -1.06. The standard InChI is InChI=1S/C13H9Cl2NO2/c14-10-7-6-9(13(17)18)12(11(10)15)16-8-4-2-1-3-5-8/h1-7,16H,(H,17,18). The van der Waals surface area contributed by atoms with E-state index in [1.807, 2.05) is 30.3 Å². The van der Waals surface area contributed by atoms with Crippen molar-refractivity contribution in [2.45, 2.75) is 0 Å². The smallest absolute Gasteiger partial charge is 0.337 e. The lowest BCUT2D eigenvalue weighted by molar-refractivity contribution is 0.0698. The number of carboxylic acids is 1. The molecule has 5 heteroatoms. The van der Waals surface area contributed by atoms with Gasteiger partial charge in [-0.2, -0.15) is 0 Å². The van der Waals surface area contributed by atoms with Crippen LogP contribution in [0.5, 0.6) is 0 Å². The Kier molecular flexibility index (Phi) is 3.75. The van der Waals surface area contributed by atoms with E-state index in [0.29, 0.717) is 10.7 Å². The number of aromatic carboxylic acids is 1. The van der Waals surface area contributed by atoms with E-state index in [9.17, 15) is 4.79 Å². The van der Waals surface area contributed by atoms with Crippen LogP contribution in [0.1, 0.15) is 10.4 Å². The summed E-state index contributed by atoms with van der Waals surface area (Å²) in [5, 5.41) is 12.6. The molecule has 2 N–H and O–H groups in total. The van der Waals surface area contributed by atoms with Gasteiger partial charge in [0.25, 0.3) is 0 Å². The number of hydrogen-bond donors (Lipinski definition) is 2. The summed E-state index contributed by atoms with van der Waals surface area (Å²) in [5.41, 5.74) is 1.11. The number of carbonyl (C=O) groups is 1. The van der Waals surface area contributed by atoms with Gasteiger partial charge in [0.15, 0.2) is 0 Å². The number of para-hydroxylation sites is 1. The lowest BCUT2D eigenvalue weighted by Gasteiger charge is -2.12. The number of halogens is 2. The molecule has 0 amide bonds. The van der Waals surface area contributed by atoms with Gasteiger partial charge in [-0.15, -0.1) is 0 Å². The summed E-state index contributed by atoms with van der Waals surface area (Å²) >= 11 is 11.9. The minimum atomic E-state index is -1.06. The average Bonchev–Trinajstić information content (AvgIpc) is 2.36. The summed E-state index contributed by atoms with van der Waals surface area (Å²) in [4.78, 5) is 11.1. The highest BCUT2D eigenvalue weighted by Gasteiger charge is 2.15. The first-order valence-electron chi connectivity index (χ1n) is 5.13. The second-order valence-corrected chi connectivity index (χ2v) is 4.37. The Morgan fingerprint density at radius 2 is 1.72 bits per heavy atom. The van der Waals surface area contributed by atoms with E-state index in [-0.39, 0.29) is 10.6 Å². The van der Waals surface area contributed by atoms with Gasteiger partial charge in [0, 0.05) is 5.69 Å². The topological polar surface area (TPSA) is 49.3 Å². The molecule has 0 heterocycles. The van der Waals surface area contributed by atoms with Crippen LogP contribution in [0.4, 0.5) is 11.4 Å². The Morgan fingerprint density at radius 1 is 1.06 bits per heavy atom. The number of nitrogens with one attached hydrogen (secondary N) is 1. The van der Waals surface area contributed by atoms with Gasteiger partial charge < -0.3 is 10.4 Å². The van der Waals surface area contributed by atoms with Crippen molar-refractivity contribution in [1.29, 1.82) is 0 Å². The van der Waals surface area contributed by atoms with Gasteiger partial charge in [0.2, 0.25) is 0 Å². The summed E-state index contributed by atoms with van der Waals surface area (Å²) in [6.45, 7) is 0. The van der Waals surface area contributed by atoms with E-state index in [4.69, 9.17) is 28.3 Å². The zero-order valence-corrected chi connectivity index (χ0v) is 10.7. The van der Waals surface area contributed by atoms with Crippen LogP contribution in [-0.4, -0.2) is 11.1 Å². The molecule has 0 aliphatic rings. The van der Waals surface area contributed by atoms with Gasteiger partial charge >= 0.3 is 5.97 Å². The molecule has 92 valence electrons. The van der Waals surface area contributed by atoms with E-state index in [2.05, 4.69) is 5.32 Å². The predicted octanol–water partition coefficient (Wildman–Crippen LogP) is 4.44. The van der Waals surface area contributed by atoms with Gasteiger partial charge in [-0.1, -0.05) is 41.4 Å². The van der Waals surface area contributed by atoms with Crippen molar-refractivity contribution in [2.24, 2.45) is 0 Å². The van der Waals surface area contributed by atoms with Crippen LogP contribution in [-0.2, 0) is 0 Å². The van der Waals surface area contributed by atoms with Crippen molar-refractivity contribution >= 4 is 40.5 Å². The van der Waals surface area contributed by atoms with E-state index in [0.717, 1.165) is 5.69 Å². The fraction of sp³-hybridized carbons (Fsp3) is 0. The maximum atomic E-state index is 11.1. The fourth-order valence-electron chi connectivity index (χ4n) is 1.52. The quantitative estimate of drug-likeness (QED) is 0.875. The Morgan fingerprint density at radius 3 is 2.33 bits per heavy atom. The van der Waals surface area contributed by atoms with Crippen LogP contribution >= 0.6 is 23.2 Å². The van der Waals surface area contributed by atoms with Crippen molar-refractivity contribution < 1.29 is 9.90 Å². The van der Waals surface area contributed by atoms with Crippen molar-refractivity contribution in [3.05, 3.63) is 58.1 Å². The minimum Gasteiger partial charge on any atom is -0.478 e. The second-order valence-electron chi connectivity index (χ2n) is 3.58. The van der Waals surface area contributed by atoms with Crippen LogP contribution in [0.3, 0.4) is 0 Å². The molecule has 0 atom stereocenters. The lowest BCUT2D eigenvalue weighted by atomic mass is 10.1. The van der Waals surface area contributed by atoms with Crippen LogP contribution in [0.15, 0.2) is 42.5 Å². The molecule has 0 aliphatic carbocycles. The summed E-state index contributed by atoms with van der Waals surface area (Å²) in [6, 6.07) is 12.0. The number of benzene rings is 2. The number of carboxylic acid groups (broad SMARTS) is 1. The normalized spacial score (nSPS) is 10.1. The molecule has 18 heavy (non-hydrogen) atoms. The zero-order valence-electron chi connectivity index (χ0n) is 9.15. The van der Waals surface area contributed by atoms with Crippen LogP contribution in [0.25, 0.3) is 0 Å². The fourth-order valence-corrected chi connectivity index (χ4v) is 1.89. The maximum absolute atomic E-state index is 11.1. The molecule has 0 spiro atoms. The molecule has 2 rings (SSSR count). The third kappa shape index (κ3) is 2.58. The Labute approximate surface area is 114 Å². The minimum absolute atomic E-state index is 0.0771. The van der Waals surface area contributed by atoms with Crippen molar-refractivity contribution in [1.82, 2.24) is 0 Å². The molecule has 0 saturated heterocycles. The number of rotatable bonds is 3. The molecule has 0 fully saturated rings.